The van der Waals surface area contributed by atoms with Crippen LogP contribution in [0.5, 0.6) is 0 Å². The number of unbranched alkanes of at least 4 members (excludes halogenated alkanes) is 2. The van der Waals surface area contributed by atoms with Crippen LogP contribution < -0.4 is 0 Å². The van der Waals surface area contributed by atoms with E-state index in [2.05, 4.69) is 33.9 Å². The summed E-state index contributed by atoms with van der Waals surface area (Å²) in [4.78, 5) is 0. The molecular formula is C12H26F2OSi. The van der Waals surface area contributed by atoms with Crippen LogP contribution in [-0.2, 0) is 4.43 Å². The summed E-state index contributed by atoms with van der Waals surface area (Å²) in [6, 6.07) is 0. The van der Waals surface area contributed by atoms with Crippen LogP contribution in [-0.4, -0.2) is 21.3 Å². The molecule has 0 aliphatic carbocycles. The lowest BCUT2D eigenvalue weighted by Gasteiger charge is -2.36. The first-order chi connectivity index (χ1) is 7.17. The van der Waals surface area contributed by atoms with Gasteiger partial charge in [-0.15, -0.1) is 0 Å². The van der Waals surface area contributed by atoms with E-state index in [1.807, 2.05) is 0 Å². The summed E-state index contributed by atoms with van der Waals surface area (Å²) in [7, 11) is -1.64. The maximum absolute atomic E-state index is 11.9. The summed E-state index contributed by atoms with van der Waals surface area (Å²) in [5, 5.41) is 0.232. The Labute approximate surface area is 99.7 Å². The molecule has 0 aromatic carbocycles. The molecule has 0 saturated heterocycles. The highest BCUT2D eigenvalue weighted by atomic mass is 28.4. The van der Waals surface area contributed by atoms with Gasteiger partial charge in [0, 0.05) is 13.0 Å². The average molecular weight is 252 g/mol. The Balaban J connectivity index is 3.59. The third kappa shape index (κ3) is 6.58. The van der Waals surface area contributed by atoms with E-state index in [0.717, 1.165) is 19.4 Å². The van der Waals surface area contributed by atoms with Crippen LogP contribution in [0.3, 0.4) is 0 Å². The molecule has 0 bridgehead atoms. The smallest absolute Gasteiger partial charge is 0.238 e. The zero-order valence-electron chi connectivity index (χ0n) is 11.3. The summed E-state index contributed by atoms with van der Waals surface area (Å²) >= 11 is 0. The van der Waals surface area contributed by atoms with Gasteiger partial charge in [-0.25, -0.2) is 8.78 Å². The molecule has 0 radical (unpaired) electrons. The summed E-state index contributed by atoms with van der Waals surface area (Å²) in [6.45, 7) is 11.8. The highest BCUT2D eigenvalue weighted by molar-refractivity contribution is 6.74. The Morgan fingerprint density at radius 1 is 1.06 bits per heavy atom. The Morgan fingerprint density at radius 2 is 1.62 bits per heavy atom. The minimum atomic E-state index is -2.15. The molecule has 0 fully saturated rings. The Bertz CT molecular complexity index is 188. The molecule has 0 aromatic rings. The minimum absolute atomic E-state index is 0.0279. The second-order valence-corrected chi connectivity index (χ2v) is 10.7. The lowest BCUT2D eigenvalue weighted by molar-refractivity contribution is 0.133. The van der Waals surface area contributed by atoms with E-state index in [-0.39, 0.29) is 11.5 Å². The fourth-order valence-corrected chi connectivity index (χ4v) is 2.21. The van der Waals surface area contributed by atoms with Gasteiger partial charge in [0.15, 0.2) is 8.32 Å². The van der Waals surface area contributed by atoms with Gasteiger partial charge in [-0.3, -0.25) is 0 Å². The van der Waals surface area contributed by atoms with Gasteiger partial charge in [-0.1, -0.05) is 27.2 Å². The number of alkyl halides is 2. The molecule has 0 aliphatic heterocycles. The van der Waals surface area contributed by atoms with Crippen LogP contribution >= 0.6 is 0 Å². The molecule has 0 aromatic heterocycles. The van der Waals surface area contributed by atoms with Crippen LogP contribution in [0.4, 0.5) is 8.78 Å². The maximum atomic E-state index is 11.9. The third-order valence-corrected chi connectivity index (χ3v) is 7.87. The SMILES string of the molecule is CC(C)(C)[Si](C)(C)OCCCCCC(F)F. The minimum Gasteiger partial charge on any atom is -0.417 e. The van der Waals surface area contributed by atoms with Crippen molar-refractivity contribution in [3.63, 3.8) is 0 Å². The molecule has 98 valence electrons. The van der Waals surface area contributed by atoms with Gasteiger partial charge in [0.1, 0.15) is 0 Å². The van der Waals surface area contributed by atoms with E-state index >= 15 is 0 Å². The van der Waals surface area contributed by atoms with E-state index in [1.54, 1.807) is 0 Å². The monoisotopic (exact) mass is 252 g/mol. The van der Waals surface area contributed by atoms with Crippen molar-refractivity contribution in [1.82, 2.24) is 0 Å². The summed E-state index contributed by atoms with van der Waals surface area (Å²) in [5.41, 5.74) is 0. The second-order valence-electron chi connectivity index (χ2n) is 5.85. The summed E-state index contributed by atoms with van der Waals surface area (Å²) < 4.78 is 29.7. The molecule has 0 spiro atoms. The number of hydrogen-bond donors (Lipinski definition) is 0. The molecule has 0 atom stereocenters. The van der Waals surface area contributed by atoms with Crippen LogP contribution in [0.15, 0.2) is 0 Å². The van der Waals surface area contributed by atoms with Gasteiger partial charge >= 0.3 is 0 Å². The molecule has 0 rings (SSSR count). The van der Waals surface area contributed by atoms with Gasteiger partial charge < -0.3 is 4.43 Å². The van der Waals surface area contributed by atoms with Crippen LogP contribution in [0.25, 0.3) is 0 Å². The number of halogens is 2. The normalized spacial score (nSPS) is 13.5. The molecule has 1 nitrogen and oxygen atoms in total. The van der Waals surface area contributed by atoms with Gasteiger partial charge in [0.05, 0.1) is 0 Å². The molecule has 0 aliphatic rings. The van der Waals surface area contributed by atoms with Crippen molar-refractivity contribution < 1.29 is 13.2 Å². The number of hydrogen-bond acceptors (Lipinski definition) is 1. The molecule has 4 heteroatoms. The predicted molar refractivity (Wildman–Crippen MR) is 67.6 cm³/mol. The fraction of sp³-hybridized carbons (Fsp3) is 1.00. The molecule has 0 unspecified atom stereocenters. The van der Waals surface area contributed by atoms with Gasteiger partial charge in [0.2, 0.25) is 6.43 Å². The molecular weight excluding hydrogens is 226 g/mol. The lowest BCUT2D eigenvalue weighted by atomic mass is 10.2. The van der Waals surface area contributed by atoms with Crippen molar-refractivity contribution >= 4 is 8.32 Å². The fourth-order valence-electron chi connectivity index (χ4n) is 1.12. The molecule has 0 saturated carbocycles. The first-order valence-electron chi connectivity index (χ1n) is 6.09. The van der Waals surface area contributed by atoms with Gasteiger partial charge in [-0.2, -0.15) is 0 Å². The quantitative estimate of drug-likeness (QED) is 0.465. The van der Waals surface area contributed by atoms with E-state index in [1.165, 1.54) is 0 Å². The van der Waals surface area contributed by atoms with Crippen molar-refractivity contribution in [2.24, 2.45) is 0 Å². The van der Waals surface area contributed by atoms with Crippen molar-refractivity contribution in [2.45, 2.75) is 71.0 Å². The first kappa shape index (κ1) is 16.0. The van der Waals surface area contributed by atoms with Crippen LogP contribution in [0.1, 0.15) is 46.5 Å². The molecule has 0 heterocycles. The lowest BCUT2D eigenvalue weighted by Crippen LogP contribution is -2.40. The van der Waals surface area contributed by atoms with Crippen LogP contribution in [0.2, 0.25) is 18.1 Å². The van der Waals surface area contributed by atoms with Crippen molar-refractivity contribution in [2.75, 3.05) is 6.61 Å². The van der Waals surface area contributed by atoms with Crippen molar-refractivity contribution in [3.8, 4) is 0 Å². The predicted octanol–water partition coefficient (Wildman–Crippen LogP) is 4.83. The van der Waals surface area contributed by atoms with Crippen molar-refractivity contribution in [3.05, 3.63) is 0 Å². The maximum Gasteiger partial charge on any atom is 0.238 e. The zero-order chi connectivity index (χ0) is 12.8. The Morgan fingerprint density at radius 3 is 2.06 bits per heavy atom. The molecule has 0 N–H and O–H groups in total. The zero-order valence-corrected chi connectivity index (χ0v) is 12.3. The summed E-state index contributed by atoms with van der Waals surface area (Å²) in [6.07, 6.45) is 0.234. The van der Waals surface area contributed by atoms with E-state index < -0.39 is 14.7 Å². The number of rotatable bonds is 7. The Hall–Kier alpha value is 0.0369. The van der Waals surface area contributed by atoms with Gasteiger partial charge in [0.25, 0.3) is 0 Å². The topological polar surface area (TPSA) is 9.23 Å². The highest BCUT2D eigenvalue weighted by Gasteiger charge is 2.36. The van der Waals surface area contributed by atoms with Gasteiger partial charge in [-0.05, 0) is 31.0 Å². The van der Waals surface area contributed by atoms with E-state index in [9.17, 15) is 8.78 Å². The largest absolute Gasteiger partial charge is 0.417 e. The third-order valence-electron chi connectivity index (χ3n) is 3.34. The molecule has 16 heavy (non-hydrogen) atoms. The molecule has 0 amide bonds. The first-order valence-corrected chi connectivity index (χ1v) is 9.00. The van der Waals surface area contributed by atoms with E-state index in [0.29, 0.717) is 6.42 Å². The highest BCUT2D eigenvalue weighted by Crippen LogP contribution is 2.36. The summed E-state index contributed by atoms with van der Waals surface area (Å²) in [5.74, 6) is 0. The average Bonchev–Trinajstić information content (AvgIpc) is 2.08. The van der Waals surface area contributed by atoms with E-state index in [4.69, 9.17) is 4.43 Å². The Kier molecular flexibility index (Phi) is 6.71. The second kappa shape index (κ2) is 6.69. The van der Waals surface area contributed by atoms with Crippen molar-refractivity contribution in [1.29, 1.82) is 0 Å². The standard InChI is InChI=1S/C12H26F2OSi/c1-12(2,3)16(4,5)15-10-8-6-7-9-11(13)14/h11H,6-10H2,1-5H3. The van der Waals surface area contributed by atoms with Crippen LogP contribution in [0, 0.1) is 0 Å².